The summed E-state index contributed by atoms with van der Waals surface area (Å²) in [5, 5.41) is 20.4. The molecule has 2 aromatic heterocycles. The summed E-state index contributed by atoms with van der Waals surface area (Å²) in [6, 6.07) is 13.8. The highest BCUT2D eigenvalue weighted by molar-refractivity contribution is 6.08. The van der Waals surface area contributed by atoms with Crippen LogP contribution in [0.5, 0.6) is 0 Å². The van der Waals surface area contributed by atoms with Crippen LogP contribution in [0.4, 0.5) is 27.4 Å². The molecule has 9 heteroatoms. The van der Waals surface area contributed by atoms with Crippen LogP contribution in [-0.2, 0) is 0 Å². The summed E-state index contributed by atoms with van der Waals surface area (Å²) in [6.45, 7) is 3.51. The van der Waals surface area contributed by atoms with E-state index >= 15 is 0 Å². The molecule has 1 fully saturated rings. The summed E-state index contributed by atoms with van der Waals surface area (Å²) in [4.78, 5) is 11.5. The number of aliphatic imine (C=N–C) groups is 1. The fraction of sp³-hybridized carbons (Fsp3) is 0.364. The Labute approximate surface area is 179 Å². The van der Waals surface area contributed by atoms with Gasteiger partial charge in [-0.1, -0.05) is 12.1 Å². The molecule has 0 aliphatic carbocycles. The average molecular weight is 418 g/mol. The standard InChI is InChI=1S/C22H23FN8/c1-14-22(27-17-6-3-2-5-16(17)26-14)18-11-21-28-20(30-10-7-15(23)13-30)12-19(31(21)29-18)25-9-4-8-24/h2-3,5-6,11-12,14-15,25-26H,4,7,9-10,13H2,1H3. The molecule has 2 N–H and O–H groups in total. The van der Waals surface area contributed by atoms with Crippen molar-refractivity contribution in [2.24, 2.45) is 4.99 Å². The van der Waals surface area contributed by atoms with Gasteiger partial charge in [0.05, 0.1) is 42.2 Å². The number of rotatable bonds is 5. The first kappa shape index (κ1) is 19.3. The molecule has 8 nitrogen and oxygen atoms in total. The maximum Gasteiger partial charge on any atom is 0.160 e. The number of benzene rings is 1. The SMILES string of the molecule is CC1Nc2ccccc2N=C1c1cc2nc(N3CCC(F)C3)cc(NCCC#N)n2n1. The second-order valence-electron chi connectivity index (χ2n) is 7.85. The smallest absolute Gasteiger partial charge is 0.160 e. The highest BCUT2D eigenvalue weighted by atomic mass is 19.1. The number of aromatic nitrogens is 3. The van der Waals surface area contributed by atoms with E-state index in [9.17, 15) is 4.39 Å². The second-order valence-corrected chi connectivity index (χ2v) is 7.85. The third kappa shape index (κ3) is 3.65. The second kappa shape index (κ2) is 7.87. The maximum absolute atomic E-state index is 13.8. The van der Waals surface area contributed by atoms with Crippen LogP contribution in [0, 0.1) is 11.3 Å². The third-order valence-corrected chi connectivity index (χ3v) is 5.60. The lowest BCUT2D eigenvalue weighted by Gasteiger charge is -2.23. The van der Waals surface area contributed by atoms with Crippen molar-refractivity contribution in [2.75, 3.05) is 35.2 Å². The van der Waals surface area contributed by atoms with Gasteiger partial charge in [0.1, 0.15) is 23.5 Å². The number of hydrogen-bond donors (Lipinski definition) is 2. The van der Waals surface area contributed by atoms with Gasteiger partial charge >= 0.3 is 0 Å². The van der Waals surface area contributed by atoms with Gasteiger partial charge in [-0.2, -0.15) is 14.9 Å². The van der Waals surface area contributed by atoms with Crippen LogP contribution in [0.3, 0.4) is 0 Å². The van der Waals surface area contributed by atoms with Crippen molar-refractivity contribution < 1.29 is 4.39 Å². The molecule has 3 aromatic rings. The van der Waals surface area contributed by atoms with Crippen molar-refractivity contribution in [3.63, 3.8) is 0 Å². The summed E-state index contributed by atoms with van der Waals surface area (Å²) in [7, 11) is 0. The molecule has 0 amide bonds. The van der Waals surface area contributed by atoms with Gasteiger partial charge in [-0.3, -0.25) is 0 Å². The molecule has 0 spiro atoms. The average Bonchev–Trinajstić information content (AvgIpc) is 3.39. The van der Waals surface area contributed by atoms with Gasteiger partial charge in [0.25, 0.3) is 0 Å². The van der Waals surface area contributed by atoms with Crippen LogP contribution in [-0.4, -0.2) is 52.2 Å². The molecule has 2 atom stereocenters. The Morgan fingerprint density at radius 2 is 2.19 bits per heavy atom. The lowest BCUT2D eigenvalue weighted by molar-refractivity contribution is 0.364. The normalized spacial score (nSPS) is 20.2. The number of nitrogens with zero attached hydrogens (tertiary/aromatic N) is 6. The minimum absolute atomic E-state index is 0.0137. The van der Waals surface area contributed by atoms with Gasteiger partial charge in [0.2, 0.25) is 0 Å². The van der Waals surface area contributed by atoms with E-state index in [1.54, 1.807) is 4.52 Å². The number of nitriles is 1. The van der Waals surface area contributed by atoms with Crippen molar-refractivity contribution >= 4 is 34.4 Å². The van der Waals surface area contributed by atoms with Crippen molar-refractivity contribution in [1.82, 2.24) is 14.6 Å². The topological polar surface area (TPSA) is 93.6 Å². The van der Waals surface area contributed by atoms with Gasteiger partial charge in [-0.25, -0.2) is 14.4 Å². The number of hydrogen-bond acceptors (Lipinski definition) is 7. The van der Waals surface area contributed by atoms with Crippen molar-refractivity contribution in [3.05, 3.63) is 42.1 Å². The number of halogens is 1. The minimum Gasteiger partial charge on any atom is -0.375 e. The van der Waals surface area contributed by atoms with Gasteiger partial charge < -0.3 is 15.5 Å². The fourth-order valence-electron chi connectivity index (χ4n) is 4.05. The Morgan fingerprint density at radius 1 is 1.32 bits per heavy atom. The largest absolute Gasteiger partial charge is 0.375 e. The van der Waals surface area contributed by atoms with E-state index in [2.05, 4.69) is 23.6 Å². The first-order valence-corrected chi connectivity index (χ1v) is 10.5. The first-order valence-electron chi connectivity index (χ1n) is 10.5. The lowest BCUT2D eigenvalue weighted by Crippen LogP contribution is -2.29. The van der Waals surface area contributed by atoms with Gasteiger partial charge in [0.15, 0.2) is 5.65 Å². The molecule has 0 saturated carbocycles. The molecule has 2 unspecified atom stereocenters. The molecular weight excluding hydrogens is 395 g/mol. The number of alkyl halides is 1. The summed E-state index contributed by atoms with van der Waals surface area (Å²) in [5.74, 6) is 1.43. The summed E-state index contributed by atoms with van der Waals surface area (Å²) < 4.78 is 15.5. The number of nitrogens with one attached hydrogen (secondary N) is 2. The van der Waals surface area contributed by atoms with E-state index in [0.29, 0.717) is 43.9 Å². The summed E-state index contributed by atoms with van der Waals surface area (Å²) >= 11 is 0. The monoisotopic (exact) mass is 418 g/mol. The quantitative estimate of drug-likeness (QED) is 0.616. The third-order valence-electron chi connectivity index (χ3n) is 5.60. The molecule has 31 heavy (non-hydrogen) atoms. The van der Waals surface area contributed by atoms with Gasteiger partial charge in [0, 0.05) is 25.2 Å². The van der Waals surface area contributed by atoms with Gasteiger partial charge in [-0.15, -0.1) is 0 Å². The molecule has 5 rings (SSSR count). The molecule has 0 radical (unpaired) electrons. The zero-order valence-electron chi connectivity index (χ0n) is 17.2. The van der Waals surface area contributed by atoms with Crippen molar-refractivity contribution in [1.29, 1.82) is 5.26 Å². The van der Waals surface area contributed by atoms with Crippen molar-refractivity contribution in [3.8, 4) is 6.07 Å². The molecule has 4 heterocycles. The Kier molecular flexibility index (Phi) is 4.90. The van der Waals surface area contributed by atoms with Crippen LogP contribution in [0.25, 0.3) is 5.65 Å². The van der Waals surface area contributed by atoms with Crippen LogP contribution < -0.4 is 15.5 Å². The Morgan fingerprint density at radius 3 is 3.00 bits per heavy atom. The number of anilines is 3. The van der Waals surface area contributed by atoms with Crippen LogP contribution >= 0.6 is 0 Å². The van der Waals surface area contributed by atoms with E-state index in [1.807, 2.05) is 41.3 Å². The van der Waals surface area contributed by atoms with Crippen LogP contribution in [0.15, 0.2) is 41.4 Å². The minimum atomic E-state index is -0.836. The van der Waals surface area contributed by atoms with E-state index in [0.717, 1.165) is 28.6 Å². The van der Waals surface area contributed by atoms with E-state index in [1.165, 1.54) is 0 Å². The molecule has 1 saturated heterocycles. The molecule has 0 bridgehead atoms. The van der Waals surface area contributed by atoms with Gasteiger partial charge in [-0.05, 0) is 25.5 Å². The highest BCUT2D eigenvalue weighted by Crippen LogP contribution is 2.31. The van der Waals surface area contributed by atoms with E-state index < -0.39 is 6.17 Å². The zero-order valence-corrected chi connectivity index (χ0v) is 17.2. The predicted octanol–water partition coefficient (Wildman–Crippen LogP) is 3.54. The molecule has 2 aliphatic heterocycles. The molecule has 2 aliphatic rings. The van der Waals surface area contributed by atoms with Crippen molar-refractivity contribution in [2.45, 2.75) is 32.0 Å². The Bertz CT molecular complexity index is 1190. The van der Waals surface area contributed by atoms with E-state index in [-0.39, 0.29) is 6.04 Å². The predicted molar refractivity (Wildman–Crippen MR) is 119 cm³/mol. The summed E-state index contributed by atoms with van der Waals surface area (Å²) in [6.07, 6.45) is 0.0409. The first-order chi connectivity index (χ1) is 15.1. The fourth-order valence-corrected chi connectivity index (χ4v) is 4.05. The lowest BCUT2D eigenvalue weighted by atomic mass is 10.1. The maximum atomic E-state index is 13.8. The highest BCUT2D eigenvalue weighted by Gasteiger charge is 2.26. The van der Waals surface area contributed by atoms with Crippen LogP contribution in [0.2, 0.25) is 0 Å². The Hall–Kier alpha value is -3.67. The number of para-hydroxylation sites is 2. The molecular formula is C22H23FN8. The van der Waals surface area contributed by atoms with E-state index in [4.69, 9.17) is 20.3 Å². The zero-order chi connectivity index (χ0) is 21.4. The molecule has 1 aromatic carbocycles. The number of fused-ring (bicyclic) bond motifs is 2. The Balaban J connectivity index is 1.57. The molecule has 158 valence electrons. The summed E-state index contributed by atoms with van der Waals surface area (Å²) in [5.41, 5.74) is 4.09. The van der Waals surface area contributed by atoms with Crippen LogP contribution in [0.1, 0.15) is 25.5 Å².